The van der Waals surface area contributed by atoms with Gasteiger partial charge in [0.15, 0.2) is 0 Å². The molecule has 0 atom stereocenters. The van der Waals surface area contributed by atoms with Crippen molar-refractivity contribution >= 4 is 0 Å². The van der Waals surface area contributed by atoms with Gasteiger partial charge in [0.1, 0.15) is 6.61 Å². The second-order valence-electron chi connectivity index (χ2n) is 6.22. The maximum Gasteiger partial charge on any atom is 0.417 e. The van der Waals surface area contributed by atoms with Gasteiger partial charge in [-0.1, -0.05) is 5.16 Å². The second kappa shape index (κ2) is 7.46. The van der Waals surface area contributed by atoms with Gasteiger partial charge >= 0.3 is 6.18 Å². The number of aryl methyl sites for hydroxylation is 1. The summed E-state index contributed by atoms with van der Waals surface area (Å²) in [6.07, 6.45) is -0.750. The Morgan fingerprint density at radius 1 is 1.23 bits per heavy atom. The molecule has 4 rings (SSSR count). The fourth-order valence-corrected chi connectivity index (χ4v) is 2.52. The number of nitrogens with zero attached hydrogens (tertiary/aromatic N) is 5. The van der Waals surface area contributed by atoms with E-state index in [-0.39, 0.29) is 29.8 Å². The van der Waals surface area contributed by atoms with E-state index >= 15 is 0 Å². The highest BCUT2D eigenvalue weighted by Crippen LogP contribution is 2.29. The molecule has 1 N–H and O–H groups in total. The van der Waals surface area contributed by atoms with Crippen LogP contribution in [0, 0.1) is 0 Å². The third-order valence-corrected chi connectivity index (χ3v) is 4.17. The molecule has 0 aliphatic rings. The number of aromatic nitrogens is 6. The quantitative estimate of drug-likeness (QED) is 0.530. The molecule has 0 aliphatic heterocycles. The second-order valence-corrected chi connectivity index (χ2v) is 6.22. The molecule has 0 saturated carbocycles. The zero-order valence-corrected chi connectivity index (χ0v) is 15.3. The fraction of sp³-hybridized carbons (Fsp3) is 0.167. The van der Waals surface area contributed by atoms with Gasteiger partial charge in [0.05, 0.1) is 23.0 Å². The van der Waals surface area contributed by atoms with Gasteiger partial charge in [0.2, 0.25) is 11.7 Å². The molecule has 4 aromatic rings. The molecule has 0 bridgehead atoms. The highest BCUT2D eigenvalue weighted by atomic mass is 19.4. The Balaban J connectivity index is 1.50. The largest absolute Gasteiger partial charge is 0.471 e. The minimum atomic E-state index is -4.47. The minimum absolute atomic E-state index is 0.00917. The molecule has 0 amide bonds. The number of pyridine rings is 2. The average molecular weight is 418 g/mol. The van der Waals surface area contributed by atoms with Gasteiger partial charge in [-0.05, 0) is 12.1 Å². The van der Waals surface area contributed by atoms with Crippen LogP contribution in [0.1, 0.15) is 11.3 Å². The van der Waals surface area contributed by atoms with Crippen molar-refractivity contribution < 1.29 is 22.4 Å². The highest BCUT2D eigenvalue weighted by molar-refractivity contribution is 5.60. The van der Waals surface area contributed by atoms with E-state index < -0.39 is 11.7 Å². The Morgan fingerprint density at radius 3 is 2.77 bits per heavy atom. The molecule has 30 heavy (non-hydrogen) atoms. The lowest BCUT2D eigenvalue weighted by Gasteiger charge is -2.08. The zero-order valence-electron chi connectivity index (χ0n) is 15.3. The van der Waals surface area contributed by atoms with E-state index in [1.54, 1.807) is 19.3 Å². The number of hydrogen-bond donors (Lipinski definition) is 1. The van der Waals surface area contributed by atoms with Gasteiger partial charge in [-0.3, -0.25) is 9.89 Å². The number of hydrogen-bond acceptors (Lipinski definition) is 7. The molecule has 12 heteroatoms. The smallest absolute Gasteiger partial charge is 0.417 e. The SMILES string of the molecule is Cn1ccc(-c2noc(-c3cn[nH]c3COc3ccc(C(F)(F)F)cn3)n2)cc1=O. The maximum absolute atomic E-state index is 12.6. The van der Waals surface area contributed by atoms with Crippen LogP contribution in [0.4, 0.5) is 13.2 Å². The summed E-state index contributed by atoms with van der Waals surface area (Å²) >= 11 is 0. The lowest BCUT2D eigenvalue weighted by molar-refractivity contribution is -0.137. The molecular weight excluding hydrogens is 405 g/mol. The predicted molar refractivity (Wildman–Crippen MR) is 96.1 cm³/mol. The van der Waals surface area contributed by atoms with E-state index in [2.05, 4.69) is 25.3 Å². The van der Waals surface area contributed by atoms with Crippen LogP contribution in [-0.2, 0) is 19.8 Å². The summed E-state index contributed by atoms with van der Waals surface area (Å²) in [6, 6.07) is 5.06. The van der Waals surface area contributed by atoms with Crippen molar-refractivity contribution in [3.05, 3.63) is 64.5 Å². The Bertz CT molecular complexity index is 1230. The van der Waals surface area contributed by atoms with E-state index in [1.807, 2.05) is 0 Å². The van der Waals surface area contributed by atoms with Crippen molar-refractivity contribution in [2.24, 2.45) is 7.05 Å². The van der Waals surface area contributed by atoms with Crippen LogP contribution >= 0.6 is 0 Å². The van der Waals surface area contributed by atoms with Gasteiger partial charge in [0, 0.05) is 37.1 Å². The summed E-state index contributed by atoms with van der Waals surface area (Å²) in [6.45, 7) is -0.0721. The molecule has 0 aromatic carbocycles. The molecule has 4 aromatic heterocycles. The first-order chi connectivity index (χ1) is 14.3. The van der Waals surface area contributed by atoms with Crippen LogP contribution < -0.4 is 10.3 Å². The normalized spacial score (nSPS) is 11.6. The zero-order chi connectivity index (χ0) is 21.3. The van der Waals surface area contributed by atoms with Crippen LogP contribution in [-0.4, -0.2) is 29.9 Å². The molecule has 4 heterocycles. The van der Waals surface area contributed by atoms with Crippen LogP contribution in [0.2, 0.25) is 0 Å². The number of aromatic amines is 1. The van der Waals surface area contributed by atoms with E-state index in [1.165, 1.54) is 16.8 Å². The average Bonchev–Trinajstić information content (AvgIpc) is 3.37. The topological polar surface area (TPSA) is 112 Å². The lowest BCUT2D eigenvalue weighted by atomic mass is 10.2. The standard InChI is InChI=1S/C18H13F3N6O3/c1-27-5-4-10(6-15(27)28)16-24-17(30-26-16)12-8-23-25-13(12)9-29-14-3-2-11(7-22-14)18(19,20)21/h2-8H,9H2,1H3,(H,23,25). The van der Waals surface area contributed by atoms with Gasteiger partial charge < -0.3 is 13.8 Å². The Morgan fingerprint density at radius 2 is 2.07 bits per heavy atom. The van der Waals surface area contributed by atoms with Crippen molar-refractivity contribution in [1.82, 2.24) is 29.9 Å². The molecular formula is C18H13F3N6O3. The number of alkyl halides is 3. The first-order valence-corrected chi connectivity index (χ1v) is 8.50. The van der Waals surface area contributed by atoms with Gasteiger partial charge in [-0.15, -0.1) is 0 Å². The number of ether oxygens (including phenoxy) is 1. The van der Waals surface area contributed by atoms with Crippen LogP contribution in [0.25, 0.3) is 22.8 Å². The molecule has 0 spiro atoms. The molecule has 0 saturated heterocycles. The predicted octanol–water partition coefficient (Wildman–Crippen LogP) is 2.82. The van der Waals surface area contributed by atoms with Gasteiger partial charge in [-0.2, -0.15) is 23.3 Å². The molecule has 9 nitrogen and oxygen atoms in total. The first-order valence-electron chi connectivity index (χ1n) is 8.50. The monoisotopic (exact) mass is 418 g/mol. The van der Waals surface area contributed by atoms with Gasteiger partial charge in [-0.25, -0.2) is 4.98 Å². The summed E-state index contributed by atoms with van der Waals surface area (Å²) in [4.78, 5) is 19.7. The van der Waals surface area contributed by atoms with Crippen LogP contribution in [0.15, 0.2) is 52.2 Å². The Hall–Kier alpha value is -3.96. The van der Waals surface area contributed by atoms with Crippen LogP contribution in [0.3, 0.4) is 0 Å². The molecule has 0 aliphatic carbocycles. The van der Waals surface area contributed by atoms with Crippen molar-refractivity contribution in [3.63, 3.8) is 0 Å². The van der Waals surface area contributed by atoms with Crippen molar-refractivity contribution in [2.75, 3.05) is 0 Å². The van der Waals surface area contributed by atoms with E-state index in [0.717, 1.165) is 12.1 Å². The molecule has 0 radical (unpaired) electrons. The summed E-state index contributed by atoms with van der Waals surface area (Å²) in [5.74, 6) is 0.369. The van der Waals surface area contributed by atoms with E-state index in [4.69, 9.17) is 9.26 Å². The van der Waals surface area contributed by atoms with E-state index in [9.17, 15) is 18.0 Å². The fourth-order valence-electron chi connectivity index (χ4n) is 2.52. The summed E-state index contributed by atoms with van der Waals surface area (Å²) in [7, 11) is 1.62. The van der Waals surface area contributed by atoms with Crippen molar-refractivity contribution in [3.8, 4) is 28.7 Å². The van der Waals surface area contributed by atoms with Gasteiger partial charge in [0.25, 0.3) is 11.4 Å². The highest BCUT2D eigenvalue weighted by Gasteiger charge is 2.30. The third kappa shape index (κ3) is 3.92. The first kappa shape index (κ1) is 19.4. The van der Waals surface area contributed by atoms with E-state index in [0.29, 0.717) is 23.0 Å². The summed E-state index contributed by atoms with van der Waals surface area (Å²) in [5, 5.41) is 10.5. The number of halogens is 3. The Kier molecular flexibility index (Phi) is 4.82. The molecule has 154 valence electrons. The molecule has 0 fully saturated rings. The lowest BCUT2D eigenvalue weighted by Crippen LogP contribution is -2.14. The van der Waals surface area contributed by atoms with Crippen molar-refractivity contribution in [2.45, 2.75) is 12.8 Å². The molecule has 0 unspecified atom stereocenters. The maximum atomic E-state index is 12.6. The number of nitrogens with one attached hydrogen (secondary N) is 1. The third-order valence-electron chi connectivity index (χ3n) is 4.17. The van der Waals surface area contributed by atoms with Crippen LogP contribution in [0.5, 0.6) is 5.88 Å². The summed E-state index contributed by atoms with van der Waals surface area (Å²) in [5.41, 5.74) is 0.301. The number of rotatable bonds is 5. The minimum Gasteiger partial charge on any atom is -0.471 e. The number of H-pyrrole nitrogens is 1. The Labute approximate surface area is 166 Å². The van der Waals surface area contributed by atoms with Crippen molar-refractivity contribution in [1.29, 1.82) is 0 Å². The summed E-state index contributed by atoms with van der Waals surface area (Å²) < 4.78 is 49.9.